The molecule has 1 unspecified atom stereocenters. The van der Waals surface area contributed by atoms with Crippen molar-refractivity contribution in [2.75, 3.05) is 13.7 Å². The number of carbonyl (C=O) groups is 3. The molecule has 6 nitrogen and oxygen atoms in total. The van der Waals surface area contributed by atoms with E-state index < -0.39 is 11.9 Å². The summed E-state index contributed by atoms with van der Waals surface area (Å²) in [4.78, 5) is 37.7. The number of nitrogens with zero attached hydrogens (tertiary/aromatic N) is 1. The molecule has 0 radical (unpaired) electrons. The van der Waals surface area contributed by atoms with E-state index in [0.29, 0.717) is 18.5 Å². The van der Waals surface area contributed by atoms with Crippen molar-refractivity contribution in [3.05, 3.63) is 34.9 Å². The summed E-state index contributed by atoms with van der Waals surface area (Å²) in [6, 6.07) is 4.90. The van der Waals surface area contributed by atoms with Gasteiger partial charge in [-0.05, 0) is 37.0 Å². The molecule has 3 amide bonds. The lowest BCUT2D eigenvalue weighted by atomic mass is 10.0. The van der Waals surface area contributed by atoms with Crippen LogP contribution in [0.25, 0.3) is 0 Å². The highest BCUT2D eigenvalue weighted by atomic mass is 16.5. The fraction of sp³-hybridized carbons (Fsp3) is 0.450. The van der Waals surface area contributed by atoms with E-state index in [2.05, 4.69) is 17.2 Å². The highest BCUT2D eigenvalue weighted by Crippen LogP contribution is 2.29. The Labute approximate surface area is 152 Å². The fourth-order valence-corrected chi connectivity index (χ4v) is 3.32. The maximum atomic E-state index is 12.7. The Bertz CT molecular complexity index is 791. The summed E-state index contributed by atoms with van der Waals surface area (Å²) in [6.45, 7) is 1.09. The van der Waals surface area contributed by atoms with Crippen LogP contribution in [0.2, 0.25) is 0 Å². The number of ether oxygens (including phenoxy) is 1. The van der Waals surface area contributed by atoms with Gasteiger partial charge in [-0.15, -0.1) is 0 Å². The third kappa shape index (κ3) is 3.78. The van der Waals surface area contributed by atoms with Crippen LogP contribution in [0.15, 0.2) is 18.2 Å². The van der Waals surface area contributed by atoms with Crippen molar-refractivity contribution in [3.63, 3.8) is 0 Å². The maximum absolute atomic E-state index is 12.7. The zero-order valence-corrected chi connectivity index (χ0v) is 14.8. The molecular weight excluding hydrogens is 332 g/mol. The fourth-order valence-electron chi connectivity index (χ4n) is 3.32. The summed E-state index contributed by atoms with van der Waals surface area (Å²) in [5.41, 5.74) is 2.30. The smallest absolute Gasteiger partial charge is 0.255 e. The molecule has 1 atom stereocenters. The normalized spacial score (nSPS) is 19.0. The molecule has 3 rings (SSSR count). The standard InChI is InChI=1S/C20H22N2O4/c1-26-12-5-3-2-4-7-14-8-6-9-15-16(14)13-22(20(15)25)17-10-11-18(23)21-19(17)24/h6,8-9,17H,2-3,5,10-13H2,1H3,(H,21,23,24). The number of rotatable bonds is 5. The SMILES string of the molecule is COCCCCC#Cc1cccc2c1CN(C1CCC(=O)NC1=O)C2=O. The van der Waals surface area contributed by atoms with Crippen LogP contribution < -0.4 is 5.32 Å². The van der Waals surface area contributed by atoms with Gasteiger partial charge < -0.3 is 9.64 Å². The highest BCUT2D eigenvalue weighted by Gasteiger charge is 2.39. The Morgan fingerprint density at radius 3 is 2.88 bits per heavy atom. The van der Waals surface area contributed by atoms with Crippen LogP contribution in [-0.4, -0.2) is 42.4 Å². The average molecular weight is 354 g/mol. The molecule has 1 aromatic rings. The van der Waals surface area contributed by atoms with Crippen LogP contribution in [-0.2, 0) is 20.9 Å². The third-order valence-electron chi connectivity index (χ3n) is 4.71. The van der Waals surface area contributed by atoms with E-state index in [-0.39, 0.29) is 18.2 Å². The van der Waals surface area contributed by atoms with E-state index in [4.69, 9.17) is 4.74 Å². The van der Waals surface area contributed by atoms with Crippen molar-refractivity contribution < 1.29 is 19.1 Å². The molecule has 2 aliphatic rings. The van der Waals surface area contributed by atoms with Crippen LogP contribution in [0.1, 0.15) is 53.6 Å². The number of carbonyl (C=O) groups excluding carboxylic acids is 3. The summed E-state index contributed by atoms with van der Waals surface area (Å²) < 4.78 is 5.02. The molecule has 0 spiro atoms. The molecule has 1 saturated heterocycles. The lowest BCUT2D eigenvalue weighted by molar-refractivity contribution is -0.136. The second kappa shape index (κ2) is 8.15. The summed E-state index contributed by atoms with van der Waals surface area (Å²) >= 11 is 0. The van der Waals surface area contributed by atoms with E-state index in [9.17, 15) is 14.4 Å². The quantitative estimate of drug-likeness (QED) is 0.495. The van der Waals surface area contributed by atoms with Crippen LogP contribution in [0.4, 0.5) is 0 Å². The number of piperidine rings is 1. The van der Waals surface area contributed by atoms with E-state index in [0.717, 1.165) is 37.0 Å². The van der Waals surface area contributed by atoms with Gasteiger partial charge in [-0.3, -0.25) is 19.7 Å². The Morgan fingerprint density at radius 1 is 1.27 bits per heavy atom. The van der Waals surface area contributed by atoms with Gasteiger partial charge in [0.2, 0.25) is 11.8 Å². The largest absolute Gasteiger partial charge is 0.385 e. The molecule has 1 N–H and O–H groups in total. The molecule has 0 aromatic heterocycles. The second-order valence-corrected chi connectivity index (χ2v) is 6.48. The van der Waals surface area contributed by atoms with Crippen molar-refractivity contribution in [3.8, 4) is 11.8 Å². The summed E-state index contributed by atoms with van der Waals surface area (Å²) in [6.07, 6.45) is 3.34. The molecule has 26 heavy (non-hydrogen) atoms. The average Bonchev–Trinajstić information content (AvgIpc) is 2.96. The van der Waals surface area contributed by atoms with Crippen molar-refractivity contribution in [1.29, 1.82) is 0 Å². The first-order chi connectivity index (χ1) is 12.6. The maximum Gasteiger partial charge on any atom is 0.255 e. The summed E-state index contributed by atoms with van der Waals surface area (Å²) in [5, 5.41) is 2.32. The van der Waals surface area contributed by atoms with Crippen LogP contribution in [0.5, 0.6) is 0 Å². The minimum absolute atomic E-state index is 0.168. The van der Waals surface area contributed by atoms with E-state index >= 15 is 0 Å². The first-order valence-electron chi connectivity index (χ1n) is 8.86. The molecule has 2 aliphatic heterocycles. The topological polar surface area (TPSA) is 75.7 Å². The first-order valence-corrected chi connectivity index (χ1v) is 8.86. The number of unbranched alkanes of at least 4 members (excludes halogenated alkanes) is 2. The van der Waals surface area contributed by atoms with Crippen molar-refractivity contribution in [2.24, 2.45) is 0 Å². The van der Waals surface area contributed by atoms with Gasteiger partial charge in [0.15, 0.2) is 0 Å². The van der Waals surface area contributed by atoms with Gasteiger partial charge in [-0.25, -0.2) is 0 Å². The Balaban J connectivity index is 1.72. The lowest BCUT2D eigenvalue weighted by Gasteiger charge is -2.29. The molecule has 1 aromatic carbocycles. The molecular formula is C20H22N2O4. The van der Waals surface area contributed by atoms with Crippen LogP contribution in [0, 0.1) is 11.8 Å². The minimum Gasteiger partial charge on any atom is -0.385 e. The van der Waals surface area contributed by atoms with E-state index in [1.54, 1.807) is 18.1 Å². The Hall–Kier alpha value is -2.65. The number of amides is 3. The Morgan fingerprint density at radius 2 is 2.12 bits per heavy atom. The monoisotopic (exact) mass is 354 g/mol. The van der Waals surface area contributed by atoms with Gasteiger partial charge in [-0.2, -0.15) is 0 Å². The Kier molecular flexibility index (Phi) is 5.69. The van der Waals surface area contributed by atoms with Crippen molar-refractivity contribution in [2.45, 2.75) is 44.7 Å². The van der Waals surface area contributed by atoms with E-state index in [1.165, 1.54) is 0 Å². The third-order valence-corrected chi connectivity index (χ3v) is 4.71. The molecule has 0 saturated carbocycles. The predicted molar refractivity (Wildman–Crippen MR) is 95.1 cm³/mol. The van der Waals surface area contributed by atoms with Gasteiger partial charge in [0.25, 0.3) is 5.91 Å². The van der Waals surface area contributed by atoms with Crippen molar-refractivity contribution in [1.82, 2.24) is 10.2 Å². The first kappa shape index (κ1) is 18.2. The summed E-state index contributed by atoms with van der Waals surface area (Å²) in [5.74, 6) is 5.47. The zero-order chi connectivity index (χ0) is 18.5. The van der Waals surface area contributed by atoms with E-state index in [1.807, 2.05) is 12.1 Å². The molecule has 6 heteroatoms. The van der Waals surface area contributed by atoms with Gasteiger partial charge >= 0.3 is 0 Å². The number of fused-ring (bicyclic) bond motifs is 1. The molecule has 0 aliphatic carbocycles. The summed E-state index contributed by atoms with van der Waals surface area (Å²) in [7, 11) is 1.68. The number of nitrogens with one attached hydrogen (secondary N) is 1. The molecule has 1 fully saturated rings. The zero-order valence-electron chi connectivity index (χ0n) is 14.8. The number of hydrogen-bond donors (Lipinski definition) is 1. The number of imide groups is 1. The predicted octanol–water partition coefficient (Wildman–Crippen LogP) is 1.62. The lowest BCUT2D eigenvalue weighted by Crippen LogP contribution is -2.52. The number of methoxy groups -OCH3 is 1. The highest BCUT2D eigenvalue weighted by molar-refractivity contribution is 6.05. The molecule has 0 bridgehead atoms. The van der Waals surface area contributed by atoms with Gasteiger partial charge in [-0.1, -0.05) is 17.9 Å². The van der Waals surface area contributed by atoms with Gasteiger partial charge in [0.1, 0.15) is 6.04 Å². The molecule has 2 heterocycles. The number of hydrogen-bond acceptors (Lipinski definition) is 4. The van der Waals surface area contributed by atoms with Crippen LogP contribution in [0.3, 0.4) is 0 Å². The molecule has 136 valence electrons. The van der Waals surface area contributed by atoms with Crippen molar-refractivity contribution >= 4 is 17.7 Å². The number of benzene rings is 1. The second-order valence-electron chi connectivity index (χ2n) is 6.48. The van der Waals surface area contributed by atoms with Crippen LogP contribution >= 0.6 is 0 Å². The van der Waals surface area contributed by atoms with Gasteiger partial charge in [0, 0.05) is 44.2 Å². The minimum atomic E-state index is -0.595. The van der Waals surface area contributed by atoms with Gasteiger partial charge in [0.05, 0.1) is 0 Å².